The summed E-state index contributed by atoms with van der Waals surface area (Å²) < 4.78 is 5.73. The summed E-state index contributed by atoms with van der Waals surface area (Å²) in [6.45, 7) is 3.90. The van der Waals surface area contributed by atoms with Gasteiger partial charge in [0.05, 0.1) is 17.4 Å². The smallest absolute Gasteiger partial charge is 0.258 e. The molecule has 1 saturated carbocycles. The molecule has 138 valence electrons. The number of nitrogens with one attached hydrogen (secondary N) is 2. The number of para-hydroxylation sites is 2. The largest absolute Gasteiger partial charge is 0.489 e. The third-order valence-corrected chi connectivity index (χ3v) is 4.35. The molecule has 2 aromatic rings. The van der Waals surface area contributed by atoms with Crippen molar-refractivity contribution in [3.63, 3.8) is 0 Å². The third-order valence-electron chi connectivity index (χ3n) is 4.35. The maximum atomic E-state index is 12.5. The Morgan fingerprint density at radius 2 is 1.81 bits per heavy atom. The summed E-state index contributed by atoms with van der Waals surface area (Å²) in [5, 5.41) is 6.22. The number of ether oxygens (including phenoxy) is 1. The number of nitrogens with zero attached hydrogens (tertiary/aromatic N) is 2. The second kappa shape index (κ2) is 8.65. The predicted molar refractivity (Wildman–Crippen MR) is 103 cm³/mol. The first kappa shape index (κ1) is 18.2. The van der Waals surface area contributed by atoms with Crippen molar-refractivity contribution in [1.82, 2.24) is 9.97 Å². The standard InChI is InChI=1S/C20H26N4O2/c1-14(2)26-18-11-7-6-10-17(18)24-19(25)15-12-21-20(22-13-15)23-16-8-4-3-5-9-16/h6-7,10-14,16H,3-5,8-9H2,1-2H3,(H,24,25)(H,21,22,23). The van der Waals surface area contributed by atoms with Crippen LogP contribution in [0, 0.1) is 0 Å². The van der Waals surface area contributed by atoms with E-state index in [1.54, 1.807) is 12.4 Å². The summed E-state index contributed by atoms with van der Waals surface area (Å²) in [5.74, 6) is 0.971. The lowest BCUT2D eigenvalue weighted by Crippen LogP contribution is -2.23. The Balaban J connectivity index is 1.63. The predicted octanol–water partition coefficient (Wildman–Crippen LogP) is 4.26. The van der Waals surface area contributed by atoms with Crippen LogP contribution in [0.2, 0.25) is 0 Å². The van der Waals surface area contributed by atoms with Crippen LogP contribution in [0.4, 0.5) is 11.6 Å². The molecule has 1 aromatic carbocycles. The number of rotatable bonds is 6. The molecule has 0 radical (unpaired) electrons. The zero-order valence-corrected chi connectivity index (χ0v) is 15.4. The highest BCUT2D eigenvalue weighted by atomic mass is 16.5. The minimum atomic E-state index is -0.256. The highest BCUT2D eigenvalue weighted by molar-refractivity contribution is 6.04. The normalized spacial score (nSPS) is 14.9. The summed E-state index contributed by atoms with van der Waals surface area (Å²) in [4.78, 5) is 21.1. The maximum Gasteiger partial charge on any atom is 0.258 e. The summed E-state index contributed by atoms with van der Waals surface area (Å²) in [6, 6.07) is 7.82. The monoisotopic (exact) mass is 354 g/mol. The fraction of sp³-hybridized carbons (Fsp3) is 0.450. The minimum absolute atomic E-state index is 0.0292. The summed E-state index contributed by atoms with van der Waals surface area (Å²) >= 11 is 0. The summed E-state index contributed by atoms with van der Waals surface area (Å²) in [7, 11) is 0. The van der Waals surface area contributed by atoms with Gasteiger partial charge in [-0.1, -0.05) is 31.4 Å². The third kappa shape index (κ3) is 4.94. The maximum absolute atomic E-state index is 12.5. The molecule has 2 N–H and O–H groups in total. The van der Waals surface area contributed by atoms with Gasteiger partial charge in [0.2, 0.25) is 5.95 Å². The van der Waals surface area contributed by atoms with Crippen molar-refractivity contribution in [2.75, 3.05) is 10.6 Å². The van der Waals surface area contributed by atoms with Crippen LogP contribution in [-0.2, 0) is 0 Å². The summed E-state index contributed by atoms with van der Waals surface area (Å²) in [5.41, 5.74) is 1.05. The van der Waals surface area contributed by atoms with E-state index in [2.05, 4.69) is 20.6 Å². The van der Waals surface area contributed by atoms with Crippen LogP contribution in [0.25, 0.3) is 0 Å². The molecule has 1 aliphatic rings. The molecule has 6 nitrogen and oxygen atoms in total. The number of aromatic nitrogens is 2. The fourth-order valence-electron chi connectivity index (χ4n) is 3.07. The van der Waals surface area contributed by atoms with Crippen molar-refractivity contribution >= 4 is 17.5 Å². The van der Waals surface area contributed by atoms with Gasteiger partial charge in [0.15, 0.2) is 0 Å². The quantitative estimate of drug-likeness (QED) is 0.810. The topological polar surface area (TPSA) is 76.1 Å². The van der Waals surface area contributed by atoms with Crippen molar-refractivity contribution in [2.24, 2.45) is 0 Å². The molecule has 0 aliphatic heterocycles. The molecule has 1 heterocycles. The Labute approximate surface area is 154 Å². The number of anilines is 2. The van der Waals surface area contributed by atoms with Gasteiger partial charge in [0.25, 0.3) is 5.91 Å². The number of carbonyl (C=O) groups is 1. The van der Waals surface area contributed by atoms with E-state index in [1.165, 1.54) is 19.3 Å². The molecule has 0 saturated heterocycles. The first-order valence-electron chi connectivity index (χ1n) is 9.27. The Bertz CT molecular complexity index is 725. The lowest BCUT2D eigenvalue weighted by molar-refractivity contribution is 0.102. The van der Waals surface area contributed by atoms with E-state index in [0.717, 1.165) is 12.8 Å². The number of carbonyl (C=O) groups excluding carboxylic acids is 1. The Morgan fingerprint density at radius 1 is 1.12 bits per heavy atom. The molecule has 26 heavy (non-hydrogen) atoms. The van der Waals surface area contributed by atoms with E-state index in [0.29, 0.717) is 29.0 Å². The van der Waals surface area contributed by atoms with Gasteiger partial charge in [-0.3, -0.25) is 4.79 Å². The first-order chi connectivity index (χ1) is 12.6. The van der Waals surface area contributed by atoms with Gasteiger partial charge in [-0.2, -0.15) is 0 Å². The molecular weight excluding hydrogens is 328 g/mol. The molecule has 0 atom stereocenters. The Kier molecular flexibility index (Phi) is 6.04. The second-order valence-corrected chi connectivity index (χ2v) is 6.89. The van der Waals surface area contributed by atoms with E-state index in [1.807, 2.05) is 38.1 Å². The average molecular weight is 354 g/mol. The highest BCUT2D eigenvalue weighted by Crippen LogP contribution is 2.25. The number of hydrogen-bond donors (Lipinski definition) is 2. The van der Waals surface area contributed by atoms with Crippen molar-refractivity contribution in [1.29, 1.82) is 0 Å². The SMILES string of the molecule is CC(C)Oc1ccccc1NC(=O)c1cnc(NC2CCCCC2)nc1. The van der Waals surface area contributed by atoms with E-state index in [-0.39, 0.29) is 12.0 Å². The zero-order valence-electron chi connectivity index (χ0n) is 15.4. The van der Waals surface area contributed by atoms with Crippen LogP contribution in [-0.4, -0.2) is 28.0 Å². The van der Waals surface area contributed by atoms with Crippen LogP contribution < -0.4 is 15.4 Å². The lowest BCUT2D eigenvalue weighted by atomic mass is 9.96. The highest BCUT2D eigenvalue weighted by Gasteiger charge is 2.15. The molecule has 3 rings (SSSR count). The van der Waals surface area contributed by atoms with Crippen molar-refractivity contribution in [3.8, 4) is 5.75 Å². The fourth-order valence-corrected chi connectivity index (χ4v) is 3.07. The minimum Gasteiger partial charge on any atom is -0.489 e. The van der Waals surface area contributed by atoms with Crippen molar-refractivity contribution < 1.29 is 9.53 Å². The van der Waals surface area contributed by atoms with Crippen molar-refractivity contribution in [2.45, 2.75) is 58.1 Å². The molecule has 1 amide bonds. The first-order valence-corrected chi connectivity index (χ1v) is 9.27. The molecule has 6 heteroatoms. The van der Waals surface area contributed by atoms with Gasteiger partial charge >= 0.3 is 0 Å². The van der Waals surface area contributed by atoms with E-state index in [4.69, 9.17) is 4.74 Å². The van der Waals surface area contributed by atoms with Crippen LogP contribution in [0.15, 0.2) is 36.7 Å². The van der Waals surface area contributed by atoms with Crippen molar-refractivity contribution in [3.05, 3.63) is 42.2 Å². The van der Waals surface area contributed by atoms with Gasteiger partial charge in [0.1, 0.15) is 5.75 Å². The molecule has 0 spiro atoms. The molecule has 1 aromatic heterocycles. The zero-order chi connectivity index (χ0) is 18.4. The van der Waals surface area contributed by atoms with Crippen LogP contribution in [0.1, 0.15) is 56.3 Å². The van der Waals surface area contributed by atoms with Gasteiger partial charge in [0, 0.05) is 18.4 Å². The van der Waals surface area contributed by atoms with Gasteiger partial charge in [-0.15, -0.1) is 0 Å². The van der Waals surface area contributed by atoms with Gasteiger partial charge < -0.3 is 15.4 Å². The number of benzene rings is 1. The Morgan fingerprint density at radius 3 is 2.50 bits per heavy atom. The molecular formula is C20H26N4O2. The molecule has 1 fully saturated rings. The summed E-state index contributed by atoms with van der Waals surface area (Å²) in [6.07, 6.45) is 9.24. The average Bonchev–Trinajstić information content (AvgIpc) is 2.64. The molecule has 0 bridgehead atoms. The van der Waals surface area contributed by atoms with E-state index in [9.17, 15) is 4.79 Å². The second-order valence-electron chi connectivity index (χ2n) is 6.89. The molecule has 0 unspecified atom stereocenters. The van der Waals surface area contributed by atoms with Crippen LogP contribution in [0.3, 0.4) is 0 Å². The number of amides is 1. The van der Waals surface area contributed by atoms with Crippen LogP contribution >= 0.6 is 0 Å². The lowest BCUT2D eigenvalue weighted by Gasteiger charge is -2.22. The van der Waals surface area contributed by atoms with Crippen LogP contribution in [0.5, 0.6) is 5.75 Å². The molecule has 1 aliphatic carbocycles. The Hall–Kier alpha value is -2.63. The van der Waals surface area contributed by atoms with Gasteiger partial charge in [-0.05, 0) is 38.8 Å². The van der Waals surface area contributed by atoms with E-state index >= 15 is 0 Å². The number of hydrogen-bond acceptors (Lipinski definition) is 5. The van der Waals surface area contributed by atoms with Gasteiger partial charge in [-0.25, -0.2) is 9.97 Å². The van der Waals surface area contributed by atoms with E-state index < -0.39 is 0 Å².